The molecule has 0 saturated heterocycles. The number of fused-ring (bicyclic) bond motifs is 1. The van der Waals surface area contributed by atoms with Crippen LogP contribution in [0.25, 0.3) is 0 Å². The molecule has 0 fully saturated rings. The maximum absolute atomic E-state index is 12.2. The molecule has 1 aliphatic rings. The zero-order valence-electron chi connectivity index (χ0n) is 12.1. The van der Waals surface area contributed by atoms with Crippen LogP contribution in [-0.2, 0) is 31.1 Å². The summed E-state index contributed by atoms with van der Waals surface area (Å²) in [7, 11) is -7.02. The van der Waals surface area contributed by atoms with Crippen molar-refractivity contribution in [1.29, 1.82) is 0 Å². The minimum Gasteiger partial charge on any atom is -0.355 e. The van der Waals surface area contributed by atoms with Gasteiger partial charge in [0.05, 0.1) is 15.5 Å². The van der Waals surface area contributed by atoms with Crippen LogP contribution in [0, 0.1) is 0 Å². The first-order valence-electron chi connectivity index (χ1n) is 6.82. The Bertz CT molecular complexity index is 785. The summed E-state index contributed by atoms with van der Waals surface area (Å²) in [5.41, 5.74) is 0.538. The summed E-state index contributed by atoms with van der Waals surface area (Å²) in [5, 5.41) is 2.49. The number of rotatable bonds is 5. The molecule has 1 aromatic carbocycles. The summed E-state index contributed by atoms with van der Waals surface area (Å²) < 4.78 is 50.5. The molecule has 0 atom stereocenters. The molecule has 0 radical (unpaired) electrons. The fourth-order valence-electron chi connectivity index (χ4n) is 2.29. The van der Waals surface area contributed by atoms with Gasteiger partial charge in [0.1, 0.15) is 0 Å². The van der Waals surface area contributed by atoms with Crippen molar-refractivity contribution in [3.8, 4) is 0 Å². The van der Waals surface area contributed by atoms with E-state index in [1.54, 1.807) is 0 Å². The largest absolute Gasteiger partial charge is 0.355 e. The molecule has 22 heavy (non-hydrogen) atoms. The van der Waals surface area contributed by atoms with E-state index in [1.807, 2.05) is 0 Å². The van der Waals surface area contributed by atoms with Crippen molar-refractivity contribution in [2.24, 2.45) is 0 Å². The van der Waals surface area contributed by atoms with Gasteiger partial charge in [0.25, 0.3) is 0 Å². The van der Waals surface area contributed by atoms with Crippen LogP contribution in [0.1, 0.15) is 18.9 Å². The molecule has 0 spiro atoms. The molecule has 0 aliphatic carbocycles. The Balaban J connectivity index is 2.17. The SMILES string of the molecule is CC(=O)NCCNS(=O)(=O)c1ccc2c(c1)CCCS2(=O)=O. The van der Waals surface area contributed by atoms with Gasteiger partial charge >= 0.3 is 0 Å². The summed E-state index contributed by atoms with van der Waals surface area (Å²) in [6.07, 6.45) is 1.04. The van der Waals surface area contributed by atoms with Gasteiger partial charge in [-0.2, -0.15) is 0 Å². The number of carbonyl (C=O) groups is 1. The number of hydrogen-bond donors (Lipinski definition) is 2. The van der Waals surface area contributed by atoms with Gasteiger partial charge in [0.2, 0.25) is 15.9 Å². The highest BCUT2D eigenvalue weighted by Crippen LogP contribution is 2.27. The Hall–Kier alpha value is -1.45. The summed E-state index contributed by atoms with van der Waals surface area (Å²) >= 11 is 0. The zero-order valence-corrected chi connectivity index (χ0v) is 13.8. The fourth-order valence-corrected chi connectivity index (χ4v) is 4.95. The lowest BCUT2D eigenvalue weighted by Crippen LogP contribution is -2.33. The second kappa shape index (κ2) is 6.35. The van der Waals surface area contributed by atoms with E-state index in [1.165, 1.54) is 25.1 Å². The molecule has 0 aromatic heterocycles. The lowest BCUT2D eigenvalue weighted by atomic mass is 10.1. The first-order chi connectivity index (χ1) is 10.2. The first-order valence-corrected chi connectivity index (χ1v) is 9.96. The third kappa shape index (κ3) is 3.84. The number of carbonyl (C=O) groups excluding carboxylic acids is 1. The van der Waals surface area contributed by atoms with Gasteiger partial charge in [0, 0.05) is 20.0 Å². The topological polar surface area (TPSA) is 109 Å². The Labute approximate surface area is 130 Å². The van der Waals surface area contributed by atoms with Gasteiger partial charge in [0.15, 0.2) is 9.84 Å². The smallest absolute Gasteiger partial charge is 0.240 e. The molecule has 7 nitrogen and oxygen atoms in total. The van der Waals surface area contributed by atoms with E-state index in [2.05, 4.69) is 10.0 Å². The molecule has 2 rings (SSSR count). The van der Waals surface area contributed by atoms with Crippen molar-refractivity contribution >= 4 is 25.8 Å². The van der Waals surface area contributed by atoms with Gasteiger partial charge in [-0.15, -0.1) is 0 Å². The van der Waals surface area contributed by atoms with Crippen molar-refractivity contribution in [1.82, 2.24) is 10.0 Å². The number of benzene rings is 1. The molecule has 122 valence electrons. The third-order valence-corrected chi connectivity index (χ3v) is 6.68. The molecule has 2 N–H and O–H groups in total. The van der Waals surface area contributed by atoms with Gasteiger partial charge < -0.3 is 5.32 Å². The van der Waals surface area contributed by atoms with Gasteiger partial charge in [-0.25, -0.2) is 21.6 Å². The van der Waals surface area contributed by atoms with Crippen LogP contribution >= 0.6 is 0 Å². The highest BCUT2D eigenvalue weighted by molar-refractivity contribution is 7.91. The maximum atomic E-state index is 12.2. The summed E-state index contributed by atoms with van der Waals surface area (Å²) in [4.78, 5) is 11.0. The van der Waals surface area contributed by atoms with Crippen molar-refractivity contribution in [2.75, 3.05) is 18.8 Å². The van der Waals surface area contributed by atoms with E-state index in [4.69, 9.17) is 0 Å². The molecule has 1 aliphatic heterocycles. The maximum Gasteiger partial charge on any atom is 0.240 e. The van der Waals surface area contributed by atoms with Crippen molar-refractivity contribution in [3.63, 3.8) is 0 Å². The predicted molar refractivity (Wildman–Crippen MR) is 80.7 cm³/mol. The van der Waals surface area contributed by atoms with E-state index >= 15 is 0 Å². The van der Waals surface area contributed by atoms with Gasteiger partial charge in [-0.3, -0.25) is 4.79 Å². The van der Waals surface area contributed by atoms with Gasteiger partial charge in [-0.05, 0) is 36.6 Å². The number of sulfone groups is 1. The monoisotopic (exact) mass is 346 g/mol. The molecule has 0 unspecified atom stereocenters. The van der Waals surface area contributed by atoms with Crippen LogP contribution in [0.4, 0.5) is 0 Å². The summed E-state index contributed by atoms with van der Waals surface area (Å²) in [6, 6.07) is 4.06. The number of nitrogens with one attached hydrogen (secondary N) is 2. The molecule has 0 bridgehead atoms. The molecule has 1 aromatic rings. The van der Waals surface area contributed by atoms with E-state index < -0.39 is 19.9 Å². The van der Waals surface area contributed by atoms with Crippen molar-refractivity contribution < 1.29 is 21.6 Å². The Morgan fingerprint density at radius 1 is 1.27 bits per heavy atom. The lowest BCUT2D eigenvalue weighted by molar-refractivity contribution is -0.118. The summed E-state index contributed by atoms with van der Waals surface area (Å²) in [6.45, 7) is 1.60. The Morgan fingerprint density at radius 3 is 2.68 bits per heavy atom. The Kier molecular flexibility index (Phi) is 4.88. The van der Waals surface area contributed by atoms with E-state index in [9.17, 15) is 21.6 Å². The highest BCUT2D eigenvalue weighted by atomic mass is 32.2. The molecular weight excluding hydrogens is 328 g/mol. The predicted octanol–water partition coefficient (Wildman–Crippen LogP) is -0.179. The summed E-state index contributed by atoms with van der Waals surface area (Å²) in [5.74, 6) is -0.140. The van der Waals surface area contributed by atoms with Crippen LogP contribution in [0.15, 0.2) is 28.0 Å². The normalized spacial score (nSPS) is 16.8. The molecular formula is C13H18N2O5S2. The van der Waals surface area contributed by atoms with Crippen LogP contribution in [-0.4, -0.2) is 41.6 Å². The van der Waals surface area contributed by atoms with Crippen LogP contribution in [0.3, 0.4) is 0 Å². The van der Waals surface area contributed by atoms with E-state index in [0.717, 1.165) is 0 Å². The zero-order chi connectivity index (χ0) is 16.4. The average Bonchev–Trinajstić information content (AvgIpc) is 2.43. The van der Waals surface area contributed by atoms with E-state index in [0.29, 0.717) is 18.4 Å². The fraction of sp³-hybridized carbons (Fsp3) is 0.462. The minimum atomic E-state index is -3.73. The molecule has 1 heterocycles. The minimum absolute atomic E-state index is 0.0335. The van der Waals surface area contributed by atoms with Crippen LogP contribution < -0.4 is 10.0 Å². The molecule has 1 amide bonds. The van der Waals surface area contributed by atoms with E-state index in [-0.39, 0.29) is 34.5 Å². The Morgan fingerprint density at radius 2 is 2.00 bits per heavy atom. The quantitative estimate of drug-likeness (QED) is 0.719. The highest BCUT2D eigenvalue weighted by Gasteiger charge is 2.25. The van der Waals surface area contributed by atoms with Crippen molar-refractivity contribution in [3.05, 3.63) is 23.8 Å². The second-order valence-electron chi connectivity index (χ2n) is 5.07. The number of aryl methyl sites for hydroxylation is 1. The standard InChI is InChI=1S/C13H18N2O5S2/c1-10(16)14-6-7-15-22(19,20)12-4-5-13-11(9-12)3-2-8-21(13,17)18/h4-5,9,15H,2-3,6-8H2,1H3,(H,14,16). The first kappa shape index (κ1) is 16.9. The molecule has 0 saturated carbocycles. The molecule has 9 heteroatoms. The number of amides is 1. The number of hydrogen-bond acceptors (Lipinski definition) is 5. The third-order valence-electron chi connectivity index (χ3n) is 3.33. The number of sulfonamides is 1. The second-order valence-corrected chi connectivity index (χ2v) is 8.92. The van der Waals surface area contributed by atoms with Gasteiger partial charge in [-0.1, -0.05) is 0 Å². The van der Waals surface area contributed by atoms with Crippen molar-refractivity contribution in [2.45, 2.75) is 29.6 Å². The lowest BCUT2D eigenvalue weighted by Gasteiger charge is -2.17. The average molecular weight is 346 g/mol. The van der Waals surface area contributed by atoms with Crippen LogP contribution in [0.5, 0.6) is 0 Å². The van der Waals surface area contributed by atoms with Crippen LogP contribution in [0.2, 0.25) is 0 Å².